The molecule has 2 aromatic carbocycles. The fourth-order valence-corrected chi connectivity index (χ4v) is 3.32. The smallest absolute Gasteiger partial charge is 0.191 e. The van der Waals surface area contributed by atoms with Crippen molar-refractivity contribution in [2.24, 2.45) is 4.99 Å². The van der Waals surface area contributed by atoms with E-state index in [0.29, 0.717) is 19.0 Å². The Kier molecular flexibility index (Phi) is 11.8. The molecule has 0 amide bonds. The van der Waals surface area contributed by atoms with Crippen LogP contribution in [0.4, 0.5) is 4.39 Å². The molecule has 32 heavy (non-hydrogen) atoms. The van der Waals surface area contributed by atoms with Crippen LogP contribution in [-0.4, -0.2) is 56.4 Å². The third-order valence-electron chi connectivity index (χ3n) is 5.02. The van der Waals surface area contributed by atoms with Gasteiger partial charge in [0.25, 0.3) is 0 Å². The van der Waals surface area contributed by atoms with Crippen molar-refractivity contribution in [2.45, 2.75) is 33.0 Å². The minimum Gasteiger partial charge on any atom is -0.486 e. The minimum absolute atomic E-state index is 0. The second kappa shape index (κ2) is 14.3. The van der Waals surface area contributed by atoms with Crippen LogP contribution in [0.15, 0.2) is 53.5 Å². The minimum atomic E-state index is -0.355. The summed E-state index contributed by atoms with van der Waals surface area (Å²) in [5, 5.41) is 6.51. The predicted octanol–water partition coefficient (Wildman–Crippen LogP) is 3.80. The number of nitrogens with one attached hydrogen (secondary N) is 2. The largest absolute Gasteiger partial charge is 0.486 e. The van der Waals surface area contributed by atoms with Crippen molar-refractivity contribution < 1.29 is 13.9 Å². The first kappa shape index (κ1) is 26.3. The number of para-hydroxylation sites is 1. The van der Waals surface area contributed by atoms with Crippen molar-refractivity contribution in [2.75, 3.05) is 39.4 Å². The summed E-state index contributed by atoms with van der Waals surface area (Å²) in [7, 11) is 0. The van der Waals surface area contributed by atoms with Crippen LogP contribution in [0, 0.1) is 5.82 Å². The van der Waals surface area contributed by atoms with Gasteiger partial charge in [-0.2, -0.15) is 0 Å². The molecule has 2 N–H and O–H groups in total. The molecule has 6 nitrogen and oxygen atoms in total. The van der Waals surface area contributed by atoms with E-state index in [1.54, 1.807) is 18.2 Å². The molecule has 1 saturated heterocycles. The van der Waals surface area contributed by atoms with E-state index in [1.165, 1.54) is 11.6 Å². The first-order valence-electron chi connectivity index (χ1n) is 11.0. The van der Waals surface area contributed by atoms with Gasteiger partial charge in [-0.25, -0.2) is 9.38 Å². The average Bonchev–Trinajstić information content (AvgIpc) is 2.79. The number of ether oxygens (including phenoxy) is 2. The molecule has 1 atom stereocenters. The van der Waals surface area contributed by atoms with Crippen molar-refractivity contribution in [1.82, 2.24) is 15.5 Å². The predicted molar refractivity (Wildman–Crippen MR) is 137 cm³/mol. The van der Waals surface area contributed by atoms with Crippen LogP contribution in [0.2, 0.25) is 0 Å². The molecule has 1 aliphatic rings. The Morgan fingerprint density at radius 3 is 2.47 bits per heavy atom. The molecular formula is C24H34FIN4O2. The Morgan fingerprint density at radius 2 is 1.78 bits per heavy atom. The lowest BCUT2D eigenvalue weighted by atomic mass is 10.1. The zero-order valence-electron chi connectivity index (χ0n) is 18.9. The first-order valence-corrected chi connectivity index (χ1v) is 11.0. The lowest BCUT2D eigenvalue weighted by Gasteiger charge is -2.26. The van der Waals surface area contributed by atoms with Crippen molar-refractivity contribution >= 4 is 29.9 Å². The lowest BCUT2D eigenvalue weighted by molar-refractivity contribution is 0.0342. The molecule has 2 aromatic rings. The van der Waals surface area contributed by atoms with Gasteiger partial charge in [-0.05, 0) is 37.1 Å². The molecule has 0 aromatic heterocycles. The number of nitrogens with zero attached hydrogens (tertiary/aromatic N) is 2. The van der Waals surface area contributed by atoms with Crippen LogP contribution in [0.1, 0.15) is 25.0 Å². The molecule has 0 saturated carbocycles. The monoisotopic (exact) mass is 556 g/mol. The number of halogens is 2. The zero-order valence-corrected chi connectivity index (χ0v) is 21.2. The maximum Gasteiger partial charge on any atom is 0.191 e. The fourth-order valence-electron chi connectivity index (χ4n) is 3.32. The van der Waals surface area contributed by atoms with Crippen molar-refractivity contribution in [3.63, 3.8) is 0 Å². The second-order valence-corrected chi connectivity index (χ2v) is 7.64. The van der Waals surface area contributed by atoms with Gasteiger partial charge < -0.3 is 20.1 Å². The van der Waals surface area contributed by atoms with Crippen LogP contribution in [-0.2, 0) is 17.8 Å². The SMILES string of the molecule is CCNC(=NCc1ccc(CN2CCOCC2)cc1)NCC(C)Oc1ccccc1F.I. The van der Waals surface area contributed by atoms with Gasteiger partial charge in [0.05, 0.1) is 26.3 Å². The van der Waals surface area contributed by atoms with Gasteiger partial charge in [0.15, 0.2) is 17.5 Å². The molecule has 0 spiro atoms. The maximum atomic E-state index is 13.7. The summed E-state index contributed by atoms with van der Waals surface area (Å²) in [6, 6.07) is 15.0. The van der Waals surface area contributed by atoms with E-state index in [9.17, 15) is 4.39 Å². The van der Waals surface area contributed by atoms with E-state index in [1.807, 2.05) is 13.8 Å². The Balaban J connectivity index is 0.00000363. The standard InChI is InChI=1S/C24H33FN4O2.HI/c1-3-26-24(27-16-19(2)31-23-7-5-4-6-22(23)25)28-17-20-8-10-21(11-9-20)18-29-12-14-30-15-13-29;/h4-11,19H,3,12-18H2,1-2H3,(H2,26,27,28);1H. The summed E-state index contributed by atoms with van der Waals surface area (Å²) in [6.45, 7) is 10.3. The van der Waals surface area contributed by atoms with Gasteiger partial charge in [0.2, 0.25) is 0 Å². The van der Waals surface area contributed by atoms with Gasteiger partial charge in [0.1, 0.15) is 6.10 Å². The van der Waals surface area contributed by atoms with Crippen LogP contribution < -0.4 is 15.4 Å². The summed E-state index contributed by atoms with van der Waals surface area (Å²) in [5.74, 6) is 0.617. The number of rotatable bonds is 9. The van der Waals surface area contributed by atoms with Crippen molar-refractivity contribution in [1.29, 1.82) is 0 Å². The molecular weight excluding hydrogens is 522 g/mol. The summed E-state index contributed by atoms with van der Waals surface area (Å²) in [5.41, 5.74) is 2.46. The van der Waals surface area contributed by atoms with Gasteiger partial charge in [-0.15, -0.1) is 24.0 Å². The highest BCUT2D eigenvalue weighted by Crippen LogP contribution is 2.16. The van der Waals surface area contributed by atoms with Gasteiger partial charge in [-0.3, -0.25) is 4.90 Å². The van der Waals surface area contributed by atoms with Crippen LogP contribution >= 0.6 is 24.0 Å². The first-order chi connectivity index (χ1) is 15.1. The highest BCUT2D eigenvalue weighted by Gasteiger charge is 2.11. The average molecular weight is 556 g/mol. The topological polar surface area (TPSA) is 58.1 Å². The highest BCUT2D eigenvalue weighted by atomic mass is 127. The summed E-state index contributed by atoms with van der Waals surface area (Å²) in [4.78, 5) is 7.07. The van der Waals surface area contributed by atoms with E-state index in [0.717, 1.165) is 45.0 Å². The van der Waals surface area contributed by atoms with E-state index in [-0.39, 0.29) is 41.6 Å². The Labute approximate surface area is 207 Å². The van der Waals surface area contributed by atoms with Gasteiger partial charge >= 0.3 is 0 Å². The van der Waals surface area contributed by atoms with E-state index in [4.69, 9.17) is 9.47 Å². The number of aliphatic imine (C=N–C) groups is 1. The number of benzene rings is 2. The Bertz CT molecular complexity index is 829. The molecule has 3 rings (SSSR count). The quantitative estimate of drug-likeness (QED) is 0.280. The molecule has 1 fully saturated rings. The zero-order chi connectivity index (χ0) is 21.9. The van der Waals surface area contributed by atoms with Crippen molar-refractivity contribution in [3.05, 3.63) is 65.5 Å². The summed E-state index contributed by atoms with van der Waals surface area (Å²) < 4.78 is 24.8. The molecule has 0 bridgehead atoms. The van der Waals surface area contributed by atoms with Gasteiger partial charge in [0, 0.05) is 26.2 Å². The Hall–Kier alpha value is -1.91. The summed E-state index contributed by atoms with van der Waals surface area (Å²) >= 11 is 0. The molecule has 1 aliphatic heterocycles. The molecule has 0 radical (unpaired) electrons. The molecule has 0 aliphatic carbocycles. The molecule has 1 heterocycles. The second-order valence-electron chi connectivity index (χ2n) is 7.64. The lowest BCUT2D eigenvalue weighted by Crippen LogP contribution is -2.41. The third-order valence-corrected chi connectivity index (χ3v) is 5.02. The molecule has 176 valence electrons. The number of morpholine rings is 1. The maximum absolute atomic E-state index is 13.7. The third kappa shape index (κ3) is 8.91. The Morgan fingerprint density at radius 1 is 1.09 bits per heavy atom. The van der Waals surface area contributed by atoms with Crippen LogP contribution in [0.3, 0.4) is 0 Å². The van der Waals surface area contributed by atoms with Crippen LogP contribution in [0.5, 0.6) is 5.75 Å². The van der Waals surface area contributed by atoms with Crippen molar-refractivity contribution in [3.8, 4) is 5.75 Å². The molecule has 8 heteroatoms. The number of hydrogen-bond donors (Lipinski definition) is 2. The van der Waals surface area contributed by atoms with Gasteiger partial charge in [-0.1, -0.05) is 36.4 Å². The summed E-state index contributed by atoms with van der Waals surface area (Å²) in [6.07, 6.45) is -0.208. The van der Waals surface area contributed by atoms with Crippen LogP contribution in [0.25, 0.3) is 0 Å². The normalized spacial score (nSPS) is 15.5. The van der Waals surface area contributed by atoms with E-state index >= 15 is 0 Å². The fraction of sp³-hybridized carbons (Fsp3) is 0.458. The van der Waals surface area contributed by atoms with E-state index < -0.39 is 0 Å². The van der Waals surface area contributed by atoms with E-state index in [2.05, 4.69) is 44.8 Å². The number of guanidine groups is 1. The molecule has 1 unspecified atom stereocenters. The number of hydrogen-bond acceptors (Lipinski definition) is 4. The highest BCUT2D eigenvalue weighted by molar-refractivity contribution is 14.0.